The molecule has 1 heterocycles. The molecule has 1 aromatic heterocycles. The minimum absolute atomic E-state index is 0.142. The largest absolute Gasteiger partial charge is 0.394 e. The van der Waals surface area contributed by atoms with E-state index in [0.717, 1.165) is 23.9 Å². The molecular formula is C12H24N4OS. The molecule has 1 aromatic rings. The van der Waals surface area contributed by atoms with Crippen molar-refractivity contribution in [1.82, 2.24) is 20.1 Å². The summed E-state index contributed by atoms with van der Waals surface area (Å²) < 4.78 is 1.99. The molecule has 18 heavy (non-hydrogen) atoms. The van der Waals surface area contributed by atoms with Gasteiger partial charge in [-0.25, -0.2) is 0 Å². The van der Waals surface area contributed by atoms with Crippen LogP contribution in [0.1, 0.15) is 33.0 Å². The van der Waals surface area contributed by atoms with Gasteiger partial charge in [-0.2, -0.15) is 0 Å². The fourth-order valence-corrected chi connectivity index (χ4v) is 3.16. The van der Waals surface area contributed by atoms with Crippen molar-refractivity contribution in [1.29, 1.82) is 0 Å². The zero-order valence-electron chi connectivity index (χ0n) is 11.9. The van der Waals surface area contributed by atoms with Gasteiger partial charge in [0.05, 0.1) is 6.61 Å². The standard InChI is InChI=1S/C12H24N4OS/c1-6-13-12(4,8-17)7-9(2)18-11-15-14-10(3)16(11)5/h9,13,17H,6-8H2,1-5H3. The average Bonchev–Trinajstić information content (AvgIpc) is 2.61. The molecule has 2 N–H and O–H groups in total. The summed E-state index contributed by atoms with van der Waals surface area (Å²) in [5.41, 5.74) is -0.227. The predicted octanol–water partition coefficient (Wildman–Crippen LogP) is 1.35. The van der Waals surface area contributed by atoms with Gasteiger partial charge < -0.3 is 15.0 Å². The minimum atomic E-state index is -0.227. The molecule has 0 aliphatic carbocycles. The lowest BCUT2D eigenvalue weighted by molar-refractivity contribution is 0.168. The second-order valence-corrected chi connectivity index (χ2v) is 6.38. The normalized spacial score (nSPS) is 16.6. The first-order chi connectivity index (χ1) is 8.41. The van der Waals surface area contributed by atoms with Crippen LogP contribution in [-0.4, -0.2) is 43.8 Å². The maximum atomic E-state index is 9.49. The van der Waals surface area contributed by atoms with E-state index >= 15 is 0 Å². The van der Waals surface area contributed by atoms with E-state index in [0.29, 0.717) is 5.25 Å². The van der Waals surface area contributed by atoms with Gasteiger partial charge in [0.1, 0.15) is 5.82 Å². The fourth-order valence-electron chi connectivity index (χ4n) is 1.97. The first-order valence-corrected chi connectivity index (χ1v) is 7.18. The van der Waals surface area contributed by atoms with Gasteiger partial charge in [0.25, 0.3) is 0 Å². The summed E-state index contributed by atoms with van der Waals surface area (Å²) in [7, 11) is 1.97. The topological polar surface area (TPSA) is 63.0 Å². The summed E-state index contributed by atoms with van der Waals surface area (Å²) in [6.45, 7) is 9.20. The Hall–Kier alpha value is -0.590. The van der Waals surface area contributed by atoms with Crippen molar-refractivity contribution in [3.8, 4) is 0 Å². The SMILES string of the molecule is CCNC(C)(CO)CC(C)Sc1nnc(C)n1C. The molecule has 2 atom stereocenters. The molecule has 0 fully saturated rings. The second-order valence-electron chi connectivity index (χ2n) is 4.97. The van der Waals surface area contributed by atoms with Crippen LogP contribution < -0.4 is 5.32 Å². The van der Waals surface area contributed by atoms with E-state index in [9.17, 15) is 5.11 Å². The highest BCUT2D eigenvalue weighted by Crippen LogP contribution is 2.27. The van der Waals surface area contributed by atoms with Crippen molar-refractivity contribution in [2.75, 3.05) is 13.2 Å². The van der Waals surface area contributed by atoms with E-state index in [1.807, 2.05) is 18.5 Å². The molecule has 0 bridgehead atoms. The first-order valence-electron chi connectivity index (χ1n) is 6.30. The summed E-state index contributed by atoms with van der Waals surface area (Å²) in [6, 6.07) is 0. The summed E-state index contributed by atoms with van der Waals surface area (Å²) in [5.74, 6) is 0.918. The number of aryl methyl sites for hydroxylation is 1. The van der Waals surface area contributed by atoms with Gasteiger partial charge >= 0.3 is 0 Å². The number of likely N-dealkylation sites (N-methyl/N-ethyl adjacent to an activating group) is 1. The van der Waals surface area contributed by atoms with Crippen LogP contribution in [0.2, 0.25) is 0 Å². The Bertz CT molecular complexity index is 382. The third kappa shape index (κ3) is 3.96. The highest BCUT2D eigenvalue weighted by molar-refractivity contribution is 7.99. The monoisotopic (exact) mass is 272 g/mol. The predicted molar refractivity (Wildman–Crippen MR) is 74.8 cm³/mol. The number of thioether (sulfide) groups is 1. The highest BCUT2D eigenvalue weighted by Gasteiger charge is 2.25. The number of aliphatic hydroxyl groups excluding tert-OH is 1. The van der Waals surface area contributed by atoms with Crippen molar-refractivity contribution >= 4 is 11.8 Å². The van der Waals surface area contributed by atoms with Crippen molar-refractivity contribution in [3.63, 3.8) is 0 Å². The molecule has 0 amide bonds. The molecule has 0 aliphatic heterocycles. The van der Waals surface area contributed by atoms with Crippen molar-refractivity contribution in [2.24, 2.45) is 7.05 Å². The Morgan fingerprint density at radius 2 is 2.17 bits per heavy atom. The molecule has 6 heteroatoms. The Morgan fingerprint density at radius 1 is 1.50 bits per heavy atom. The molecule has 0 aliphatic rings. The van der Waals surface area contributed by atoms with Gasteiger partial charge in [0.2, 0.25) is 0 Å². The molecule has 104 valence electrons. The number of aliphatic hydroxyl groups is 1. The van der Waals surface area contributed by atoms with E-state index in [-0.39, 0.29) is 12.1 Å². The first kappa shape index (κ1) is 15.5. The van der Waals surface area contributed by atoms with Crippen LogP contribution >= 0.6 is 11.8 Å². The van der Waals surface area contributed by atoms with Crippen LogP contribution in [0.5, 0.6) is 0 Å². The van der Waals surface area contributed by atoms with Gasteiger partial charge in [-0.3, -0.25) is 0 Å². The molecule has 0 spiro atoms. The Balaban J connectivity index is 2.60. The van der Waals surface area contributed by atoms with Crippen LogP contribution in [-0.2, 0) is 7.05 Å². The lowest BCUT2D eigenvalue weighted by Gasteiger charge is -2.30. The smallest absolute Gasteiger partial charge is 0.191 e. The summed E-state index contributed by atoms with van der Waals surface area (Å²) >= 11 is 1.70. The number of hydrogen-bond acceptors (Lipinski definition) is 5. The maximum Gasteiger partial charge on any atom is 0.191 e. The van der Waals surface area contributed by atoms with Crippen LogP contribution in [0.15, 0.2) is 5.16 Å². The summed E-state index contributed by atoms with van der Waals surface area (Å²) in [6.07, 6.45) is 0.883. The van der Waals surface area contributed by atoms with Crippen LogP contribution in [0.25, 0.3) is 0 Å². The van der Waals surface area contributed by atoms with Gasteiger partial charge in [-0.15, -0.1) is 10.2 Å². The molecule has 0 radical (unpaired) electrons. The van der Waals surface area contributed by atoms with Crippen molar-refractivity contribution < 1.29 is 5.11 Å². The highest BCUT2D eigenvalue weighted by atomic mass is 32.2. The molecule has 5 nitrogen and oxygen atoms in total. The molecule has 1 rings (SSSR count). The number of aromatic nitrogens is 3. The van der Waals surface area contributed by atoms with Crippen LogP contribution in [0.3, 0.4) is 0 Å². The van der Waals surface area contributed by atoms with Gasteiger partial charge in [-0.05, 0) is 26.8 Å². The maximum absolute atomic E-state index is 9.49. The molecule has 2 unspecified atom stereocenters. The minimum Gasteiger partial charge on any atom is -0.394 e. The van der Waals surface area contributed by atoms with Crippen molar-refractivity contribution in [2.45, 2.75) is 50.1 Å². The Labute approximate surface area is 113 Å². The number of nitrogens with zero attached hydrogens (tertiary/aromatic N) is 3. The molecule has 0 aromatic carbocycles. The molecular weight excluding hydrogens is 248 g/mol. The summed E-state index contributed by atoms with van der Waals surface area (Å²) in [5, 5.41) is 22.3. The van der Waals surface area contributed by atoms with E-state index in [4.69, 9.17) is 0 Å². The zero-order chi connectivity index (χ0) is 13.8. The van der Waals surface area contributed by atoms with Crippen LogP contribution in [0, 0.1) is 6.92 Å². The van der Waals surface area contributed by atoms with Gasteiger partial charge in [-0.1, -0.05) is 25.6 Å². The quantitative estimate of drug-likeness (QED) is 0.734. The third-order valence-electron chi connectivity index (χ3n) is 3.05. The fraction of sp³-hybridized carbons (Fsp3) is 0.833. The van der Waals surface area contributed by atoms with E-state index < -0.39 is 0 Å². The number of nitrogens with one attached hydrogen (secondary N) is 1. The average molecular weight is 272 g/mol. The van der Waals surface area contributed by atoms with Gasteiger partial charge in [0, 0.05) is 17.8 Å². The molecule has 0 saturated heterocycles. The Morgan fingerprint density at radius 3 is 2.61 bits per heavy atom. The number of rotatable bonds is 7. The van der Waals surface area contributed by atoms with E-state index in [1.165, 1.54) is 0 Å². The third-order valence-corrected chi connectivity index (χ3v) is 4.19. The second kappa shape index (κ2) is 6.54. The number of hydrogen-bond donors (Lipinski definition) is 2. The van der Waals surface area contributed by atoms with E-state index in [1.54, 1.807) is 11.8 Å². The van der Waals surface area contributed by atoms with Crippen LogP contribution in [0.4, 0.5) is 0 Å². The lowest BCUT2D eigenvalue weighted by Crippen LogP contribution is -2.47. The molecule has 0 saturated carbocycles. The van der Waals surface area contributed by atoms with Gasteiger partial charge in [0.15, 0.2) is 5.16 Å². The van der Waals surface area contributed by atoms with Crippen molar-refractivity contribution in [3.05, 3.63) is 5.82 Å². The lowest BCUT2D eigenvalue weighted by atomic mass is 9.97. The Kier molecular flexibility index (Phi) is 5.62. The summed E-state index contributed by atoms with van der Waals surface area (Å²) in [4.78, 5) is 0. The zero-order valence-corrected chi connectivity index (χ0v) is 12.7. The van der Waals surface area contributed by atoms with E-state index in [2.05, 4.69) is 36.3 Å².